The summed E-state index contributed by atoms with van der Waals surface area (Å²) in [5, 5.41) is 13.0. The molecule has 2 aliphatic heterocycles. The number of halogens is 3. The molecule has 1 saturated carbocycles. The molecule has 5 N–H and O–H groups in total. The van der Waals surface area contributed by atoms with E-state index in [1.807, 2.05) is 17.0 Å². The van der Waals surface area contributed by atoms with Gasteiger partial charge in [-0.3, -0.25) is 14.9 Å². The van der Waals surface area contributed by atoms with Gasteiger partial charge in [0, 0.05) is 19.6 Å². The molecule has 2 atom stereocenters. The summed E-state index contributed by atoms with van der Waals surface area (Å²) in [5.74, 6) is -2.12. The van der Waals surface area contributed by atoms with Gasteiger partial charge in [-0.15, -0.1) is 0 Å². The lowest BCUT2D eigenvalue weighted by atomic mass is 9.59. The first kappa shape index (κ1) is 27.1. The van der Waals surface area contributed by atoms with Gasteiger partial charge in [-0.2, -0.15) is 28.1 Å². The Kier molecular flexibility index (Phi) is 7.17. The van der Waals surface area contributed by atoms with E-state index in [0.717, 1.165) is 19.3 Å². The molecule has 3 heterocycles. The number of hydrogen-bond donors (Lipinski definition) is 4. The van der Waals surface area contributed by atoms with E-state index in [0.29, 0.717) is 44.4 Å². The molecule has 0 bridgehead atoms. The number of carboxylic acids is 1. The topological polar surface area (TPSA) is 163 Å². The van der Waals surface area contributed by atoms with E-state index in [2.05, 4.69) is 44.6 Å². The number of anilines is 3. The second-order valence-corrected chi connectivity index (χ2v) is 9.73. The number of nitrogens with two attached hydrogens (primary N) is 1. The molecule has 2 unspecified atom stereocenters. The van der Waals surface area contributed by atoms with E-state index in [-0.39, 0.29) is 17.8 Å². The molecule has 0 radical (unpaired) electrons. The van der Waals surface area contributed by atoms with Crippen LogP contribution in [-0.2, 0) is 20.8 Å². The van der Waals surface area contributed by atoms with E-state index < -0.39 is 23.0 Å². The molecule has 3 aliphatic rings. The minimum absolute atomic E-state index is 0.120. The van der Waals surface area contributed by atoms with Gasteiger partial charge in [-0.25, -0.2) is 4.79 Å². The summed E-state index contributed by atoms with van der Waals surface area (Å²) in [7, 11) is 0. The average Bonchev–Trinajstić information content (AvgIpc) is 3.32. The Labute approximate surface area is 216 Å². The van der Waals surface area contributed by atoms with Gasteiger partial charge < -0.3 is 21.1 Å². The van der Waals surface area contributed by atoms with Gasteiger partial charge in [0.15, 0.2) is 0 Å². The quantitative estimate of drug-likeness (QED) is 0.417. The van der Waals surface area contributed by atoms with Crippen molar-refractivity contribution in [3.05, 3.63) is 35.4 Å². The number of carbonyl (C=O) groups excluding carboxylic acids is 2. The molecule has 14 heteroatoms. The van der Waals surface area contributed by atoms with Crippen molar-refractivity contribution in [2.75, 3.05) is 35.6 Å². The van der Waals surface area contributed by atoms with Crippen molar-refractivity contribution in [3.8, 4) is 0 Å². The molecule has 2 aromatic rings. The molecule has 1 aliphatic carbocycles. The molecule has 1 aromatic carbocycles. The molecule has 2 amide bonds. The SMILES string of the molecule is Cc1ccccc1CCNc1nc(N)nc(N2CC34CCCCC3(C2)C(=O)NC4=O)n1.O=C(O)C(F)(F)F. The third-order valence-electron chi connectivity index (χ3n) is 7.50. The van der Waals surface area contributed by atoms with Gasteiger partial charge in [-0.05, 0) is 37.3 Å². The maximum atomic E-state index is 12.8. The molecule has 0 spiro atoms. The monoisotopic (exact) mass is 535 g/mol. The number of imide groups is 1. The van der Waals surface area contributed by atoms with Crippen molar-refractivity contribution < 1.29 is 32.7 Å². The maximum Gasteiger partial charge on any atom is 0.490 e. The Morgan fingerprint density at radius 3 is 2.24 bits per heavy atom. The Balaban J connectivity index is 0.000000426. The number of carboxylic acid groups (broad SMARTS) is 1. The van der Waals surface area contributed by atoms with Gasteiger partial charge in [0.25, 0.3) is 0 Å². The zero-order chi connectivity index (χ0) is 27.7. The normalized spacial score (nSPS) is 24.2. The van der Waals surface area contributed by atoms with Gasteiger partial charge in [0.1, 0.15) is 0 Å². The largest absolute Gasteiger partial charge is 0.490 e. The minimum Gasteiger partial charge on any atom is -0.475 e. The highest BCUT2D eigenvalue weighted by Gasteiger charge is 2.71. The Morgan fingerprint density at radius 2 is 1.68 bits per heavy atom. The fourth-order valence-electron chi connectivity index (χ4n) is 5.59. The number of carbonyl (C=O) groups is 3. The summed E-state index contributed by atoms with van der Waals surface area (Å²) >= 11 is 0. The average molecular weight is 536 g/mol. The summed E-state index contributed by atoms with van der Waals surface area (Å²) in [6, 6.07) is 8.25. The van der Waals surface area contributed by atoms with Crippen molar-refractivity contribution in [1.29, 1.82) is 0 Å². The van der Waals surface area contributed by atoms with Crippen molar-refractivity contribution in [2.24, 2.45) is 10.8 Å². The molecular weight excluding hydrogens is 507 g/mol. The Hall–Kier alpha value is -3.97. The molecule has 1 aromatic heterocycles. The van der Waals surface area contributed by atoms with E-state index in [4.69, 9.17) is 15.6 Å². The van der Waals surface area contributed by atoms with E-state index in [9.17, 15) is 22.8 Å². The van der Waals surface area contributed by atoms with E-state index in [1.165, 1.54) is 11.1 Å². The van der Waals surface area contributed by atoms with Crippen LogP contribution in [0, 0.1) is 17.8 Å². The third-order valence-corrected chi connectivity index (χ3v) is 7.50. The first-order valence-corrected chi connectivity index (χ1v) is 12.1. The Bertz CT molecular complexity index is 1230. The first-order chi connectivity index (χ1) is 17.9. The molecular formula is C24H28F3N7O4. The lowest BCUT2D eigenvalue weighted by Gasteiger charge is -2.38. The first-order valence-electron chi connectivity index (χ1n) is 12.1. The summed E-state index contributed by atoms with van der Waals surface area (Å²) < 4.78 is 31.7. The highest BCUT2D eigenvalue weighted by molar-refractivity contribution is 6.11. The molecule has 11 nitrogen and oxygen atoms in total. The van der Waals surface area contributed by atoms with E-state index >= 15 is 0 Å². The van der Waals surface area contributed by atoms with Crippen LogP contribution in [0.1, 0.15) is 36.8 Å². The number of aryl methyl sites for hydroxylation is 1. The van der Waals surface area contributed by atoms with Gasteiger partial charge in [0.2, 0.25) is 29.7 Å². The van der Waals surface area contributed by atoms with Gasteiger partial charge in [-0.1, -0.05) is 37.1 Å². The van der Waals surface area contributed by atoms with Crippen LogP contribution in [0.4, 0.5) is 31.0 Å². The van der Waals surface area contributed by atoms with E-state index in [1.54, 1.807) is 0 Å². The highest BCUT2D eigenvalue weighted by atomic mass is 19.4. The highest BCUT2D eigenvalue weighted by Crippen LogP contribution is 2.59. The van der Waals surface area contributed by atoms with Crippen LogP contribution in [0.2, 0.25) is 0 Å². The zero-order valence-electron chi connectivity index (χ0n) is 20.6. The van der Waals surface area contributed by atoms with Gasteiger partial charge >= 0.3 is 12.1 Å². The fourth-order valence-corrected chi connectivity index (χ4v) is 5.59. The van der Waals surface area contributed by atoms with Crippen molar-refractivity contribution in [3.63, 3.8) is 0 Å². The minimum atomic E-state index is -5.08. The van der Waals surface area contributed by atoms with Crippen LogP contribution in [-0.4, -0.2) is 63.7 Å². The van der Waals surface area contributed by atoms with Crippen LogP contribution in [0.15, 0.2) is 24.3 Å². The number of nitrogens with zero attached hydrogens (tertiary/aromatic N) is 4. The van der Waals surface area contributed by atoms with Crippen LogP contribution in [0.5, 0.6) is 0 Å². The number of aromatic nitrogens is 3. The summed E-state index contributed by atoms with van der Waals surface area (Å²) in [5.41, 5.74) is 7.09. The lowest BCUT2D eigenvalue weighted by molar-refractivity contribution is -0.192. The smallest absolute Gasteiger partial charge is 0.475 e. The second-order valence-electron chi connectivity index (χ2n) is 9.73. The van der Waals surface area contributed by atoms with Crippen LogP contribution in [0.3, 0.4) is 0 Å². The number of nitrogens with one attached hydrogen (secondary N) is 2. The number of hydrogen-bond acceptors (Lipinski definition) is 9. The fraction of sp³-hybridized carbons (Fsp3) is 0.500. The zero-order valence-corrected chi connectivity index (χ0v) is 20.6. The van der Waals surface area contributed by atoms with Crippen molar-refractivity contribution in [1.82, 2.24) is 20.3 Å². The van der Waals surface area contributed by atoms with Crippen LogP contribution in [0.25, 0.3) is 0 Å². The van der Waals surface area contributed by atoms with Crippen molar-refractivity contribution >= 4 is 35.6 Å². The summed E-state index contributed by atoms with van der Waals surface area (Å²) in [4.78, 5) is 49.5. The molecule has 38 heavy (non-hydrogen) atoms. The Morgan fingerprint density at radius 1 is 1.11 bits per heavy atom. The van der Waals surface area contributed by atoms with Crippen LogP contribution >= 0.6 is 0 Å². The number of amides is 2. The summed E-state index contributed by atoms with van der Waals surface area (Å²) in [6.45, 7) is 3.60. The molecule has 2 saturated heterocycles. The predicted octanol–water partition coefficient (Wildman–Crippen LogP) is 2.07. The summed E-state index contributed by atoms with van der Waals surface area (Å²) in [6.07, 6.45) is -0.937. The number of rotatable bonds is 5. The number of benzene rings is 1. The number of nitrogen functional groups attached to an aromatic ring is 1. The molecule has 204 valence electrons. The standard InChI is InChI=1S/C22H27N7O2.C2HF3O2/c1-14-6-2-3-7-15(14)8-11-24-19-26-18(23)27-20(28-19)29-12-21-9-4-5-10-22(21,13-29)17(31)25-16(21)30;3-2(4,5)1(6)7/h2-3,6-7H,4-5,8-13H2,1H3,(H,25,30,31)(H3,23,24,26,27,28);(H,6,7). The maximum absolute atomic E-state index is 12.8. The van der Waals surface area contributed by atoms with Gasteiger partial charge in [0.05, 0.1) is 10.8 Å². The lowest BCUT2D eigenvalue weighted by Crippen LogP contribution is -2.46. The molecule has 5 rings (SSSR count). The predicted molar refractivity (Wildman–Crippen MR) is 130 cm³/mol. The van der Waals surface area contributed by atoms with Crippen molar-refractivity contribution in [2.45, 2.75) is 45.2 Å². The van der Waals surface area contributed by atoms with Crippen LogP contribution < -0.4 is 21.3 Å². The molecule has 3 fully saturated rings. The number of alkyl halides is 3. The second kappa shape index (κ2) is 10.1. The third kappa shape index (κ3) is 4.94. The number of aliphatic carboxylic acids is 1.